The minimum Gasteiger partial charge on any atom is -0.391 e. The summed E-state index contributed by atoms with van der Waals surface area (Å²) in [5.74, 6) is -14.8. The van der Waals surface area contributed by atoms with Gasteiger partial charge in [0.2, 0.25) is 94.5 Å². The predicted octanol–water partition coefficient (Wildman–Crippen LogP) is -6.04. The molecule has 0 radical (unpaired) electrons. The van der Waals surface area contributed by atoms with E-state index in [1.165, 1.54) is 52.7 Å². The highest BCUT2D eigenvalue weighted by atomic mass is 16.3. The second-order valence-electron chi connectivity index (χ2n) is 27.2. The van der Waals surface area contributed by atoms with Crippen LogP contribution in [0, 0.1) is 29.6 Å². The Morgan fingerprint density at radius 1 is 0.398 bits per heavy atom. The van der Waals surface area contributed by atoms with E-state index in [-0.39, 0.29) is 55.8 Å². The molecule has 0 fully saturated rings. The van der Waals surface area contributed by atoms with Crippen LogP contribution in [-0.4, -0.2) is 218 Å². The van der Waals surface area contributed by atoms with E-state index in [9.17, 15) is 81.8 Å². The van der Waals surface area contributed by atoms with Gasteiger partial charge in [-0.25, -0.2) is 9.97 Å². The lowest BCUT2D eigenvalue weighted by Gasteiger charge is -2.29. The van der Waals surface area contributed by atoms with Gasteiger partial charge in [-0.15, -0.1) is 0 Å². The van der Waals surface area contributed by atoms with Crippen LogP contribution in [0.2, 0.25) is 0 Å². The summed E-state index contributed by atoms with van der Waals surface area (Å²) in [5, 5.41) is 44.8. The number of aromatic amines is 2. The Morgan fingerprint density at radius 2 is 0.767 bits per heavy atom. The second kappa shape index (κ2) is 44.3. The fourth-order valence-corrected chi connectivity index (χ4v) is 10.1. The number of imidazole rings is 2. The maximum absolute atomic E-state index is 13.9. The van der Waals surface area contributed by atoms with Gasteiger partial charge in [-0.2, -0.15) is 0 Å². The van der Waals surface area contributed by atoms with Crippen LogP contribution in [-0.2, 0) is 89.6 Å². The maximum atomic E-state index is 13.9. The second-order valence-corrected chi connectivity index (χ2v) is 27.2. The molecule has 23 N–H and O–H groups in total. The fraction of sp³-hybridized carbons (Fsp3) is 0.662. The summed E-state index contributed by atoms with van der Waals surface area (Å²) in [6, 6.07) is -15.9. The van der Waals surface area contributed by atoms with Crippen molar-refractivity contribution in [2.45, 2.75) is 227 Å². The molecule has 38 nitrogen and oxygen atoms in total. The number of aliphatic hydroxyl groups is 1. The molecular formula is C65H109N21O17. The van der Waals surface area contributed by atoms with E-state index >= 15 is 0 Å². The number of amides is 16. The third-order valence-electron chi connectivity index (χ3n) is 15.8. The molecule has 0 saturated carbocycles. The van der Waals surface area contributed by atoms with E-state index in [1.807, 2.05) is 27.7 Å². The van der Waals surface area contributed by atoms with Crippen LogP contribution in [0.15, 0.2) is 25.0 Å². The van der Waals surface area contributed by atoms with Gasteiger partial charge in [0.15, 0.2) is 0 Å². The molecule has 2 aromatic heterocycles. The van der Waals surface area contributed by atoms with Crippen LogP contribution in [0.5, 0.6) is 0 Å². The Kier molecular flexibility index (Phi) is 38.2. The average Bonchev–Trinajstić information content (AvgIpc) is 1.57. The number of nitrogens with zero attached hydrogens (tertiary/aromatic N) is 2. The van der Waals surface area contributed by atoms with Gasteiger partial charge in [0.05, 0.1) is 50.9 Å². The predicted molar refractivity (Wildman–Crippen MR) is 372 cm³/mol. The van der Waals surface area contributed by atoms with Crippen molar-refractivity contribution in [3.63, 3.8) is 0 Å². The van der Waals surface area contributed by atoms with Crippen LogP contribution in [0.1, 0.15) is 147 Å². The fourth-order valence-electron chi connectivity index (χ4n) is 10.1. The smallest absolute Gasteiger partial charge is 0.245 e. The van der Waals surface area contributed by atoms with Crippen LogP contribution >= 0.6 is 0 Å². The van der Waals surface area contributed by atoms with Gasteiger partial charge in [-0.3, -0.25) is 76.7 Å². The number of carbonyl (C=O) groups excluding carboxylic acids is 16. The van der Waals surface area contributed by atoms with Crippen molar-refractivity contribution in [3.05, 3.63) is 36.4 Å². The lowest BCUT2D eigenvalue weighted by Crippen LogP contribution is -2.61. The molecule has 38 heteroatoms. The molecule has 0 aliphatic carbocycles. The molecule has 0 unspecified atom stereocenters. The van der Waals surface area contributed by atoms with Crippen LogP contribution in [0.4, 0.5) is 0 Å². The first-order valence-electron chi connectivity index (χ1n) is 34.2. The van der Waals surface area contributed by atoms with Crippen molar-refractivity contribution in [3.8, 4) is 0 Å². The van der Waals surface area contributed by atoms with Crippen molar-refractivity contribution < 1.29 is 81.8 Å². The molecule has 576 valence electrons. The molecule has 2 aromatic rings. The van der Waals surface area contributed by atoms with E-state index in [2.05, 4.69) is 94.4 Å². The van der Waals surface area contributed by atoms with E-state index in [4.69, 9.17) is 17.2 Å². The number of H-pyrrole nitrogens is 2. The molecule has 0 aliphatic heterocycles. The van der Waals surface area contributed by atoms with Crippen LogP contribution in [0.3, 0.4) is 0 Å². The zero-order chi connectivity index (χ0) is 78.1. The molecule has 2 heterocycles. The highest BCUT2D eigenvalue weighted by Gasteiger charge is 2.37. The Bertz CT molecular complexity index is 3200. The monoisotopic (exact) mass is 1460 g/mol. The van der Waals surface area contributed by atoms with Crippen molar-refractivity contribution in [2.75, 3.05) is 19.6 Å². The molecule has 14 atom stereocenters. The number of aliphatic hydroxyl groups excluding tert-OH is 1. The molecule has 0 aliphatic rings. The summed E-state index contributed by atoms with van der Waals surface area (Å²) in [5.41, 5.74) is 17.7. The Morgan fingerprint density at radius 3 is 1.21 bits per heavy atom. The van der Waals surface area contributed by atoms with Gasteiger partial charge in [0, 0.05) is 36.6 Å². The number of hydrogen-bond acceptors (Lipinski definition) is 20. The number of rotatable bonds is 46. The lowest BCUT2D eigenvalue weighted by atomic mass is 9.96. The standard InChI is InChI=1S/C65H109N21O17/c1-15-34(10)52(64(102)84-44(19-33(8)9)63(101)86-53(38(14)87)65(103)80-42(54(68)92)17-31(4)5)85-51(91)27-72-56(94)36(12)77-57(95)37(13)78-60(98)46(21-40-24-70-29-75-40)83-62(100)47(22-48(67)88)79-50(90)26-71-55(93)35(11)76-49(89)25-73-59(97)45(20-39-23-69-28-74-39)82-61(99)43(18-32(6)7)81-58(96)41(66)16-30(2)3/h23-24,28-38,41-47,52-53,87H,15-22,25-27,66H2,1-14H3,(H2,67,88)(H2,68,92)(H,69,74)(H,70,75)(H,71,93)(H,72,94)(H,73,97)(H,76,89)(H,77,95)(H,78,98)(H,79,90)(H,80,103)(H,81,96)(H,82,99)(H,83,100)(H,84,102)(H,85,91)(H,86,101)/t34-,35-,36-,37-,38+,41-,42-,43-,44-,45-,46-,47-,52-,53-/m0/s1. The van der Waals surface area contributed by atoms with Gasteiger partial charge in [0.25, 0.3) is 0 Å². The topological polar surface area (TPSA) is 597 Å². The van der Waals surface area contributed by atoms with Crippen molar-refractivity contribution >= 4 is 94.5 Å². The first-order valence-corrected chi connectivity index (χ1v) is 34.2. The molecule has 0 saturated heterocycles. The quantitative estimate of drug-likeness (QED) is 0.0293. The first kappa shape index (κ1) is 88.9. The molecule has 2 rings (SSSR count). The lowest BCUT2D eigenvalue weighted by molar-refractivity contribution is -0.136. The van der Waals surface area contributed by atoms with E-state index in [0.29, 0.717) is 24.2 Å². The van der Waals surface area contributed by atoms with E-state index in [1.54, 1.807) is 41.5 Å². The Balaban J connectivity index is 2.09. The number of hydrogen-bond donors (Lipinski definition) is 20. The van der Waals surface area contributed by atoms with E-state index in [0.717, 1.165) is 0 Å². The largest absolute Gasteiger partial charge is 0.391 e. The van der Waals surface area contributed by atoms with Gasteiger partial charge < -0.3 is 107 Å². The zero-order valence-corrected chi connectivity index (χ0v) is 61.1. The van der Waals surface area contributed by atoms with Crippen LogP contribution < -0.4 is 91.6 Å². The number of aromatic nitrogens is 4. The third kappa shape index (κ3) is 33.5. The van der Waals surface area contributed by atoms with Crippen molar-refractivity contribution in [1.29, 1.82) is 0 Å². The Hall–Kier alpha value is -10.1. The molecule has 0 spiro atoms. The van der Waals surface area contributed by atoms with Crippen molar-refractivity contribution in [2.24, 2.45) is 46.8 Å². The molecule has 16 amide bonds. The Labute approximate surface area is 598 Å². The average molecular weight is 1460 g/mol. The van der Waals surface area contributed by atoms with Gasteiger partial charge in [0.1, 0.15) is 66.5 Å². The zero-order valence-electron chi connectivity index (χ0n) is 61.1. The minimum absolute atomic E-state index is 0.0500. The van der Waals surface area contributed by atoms with Crippen LogP contribution in [0.25, 0.3) is 0 Å². The SMILES string of the molecule is CC[C@H](C)[C@H](NC(=O)CNC(=O)[C@H](C)NC(=O)[C@H](C)NC(=O)[C@H](Cc1cnc[nH]1)NC(=O)[C@H](CC(N)=O)NC(=O)CNC(=O)[C@H](C)NC(=O)CNC(=O)[C@H](Cc1cnc[nH]1)NC(=O)[C@H](CC(C)C)NC(=O)[C@@H](N)CC(C)C)C(=O)N[C@@H](CC(C)C)C(=O)N[C@H](C(=O)N[C@@H](CC(C)C)C(N)=O)[C@@H](C)O. The van der Waals surface area contributed by atoms with Gasteiger partial charge in [-0.1, -0.05) is 75.7 Å². The summed E-state index contributed by atoms with van der Waals surface area (Å²) in [4.78, 5) is 226. The van der Waals surface area contributed by atoms with Gasteiger partial charge >= 0.3 is 0 Å². The summed E-state index contributed by atoms with van der Waals surface area (Å²) in [6.07, 6.45) is 3.85. The highest BCUT2D eigenvalue weighted by Crippen LogP contribution is 2.14. The third-order valence-corrected chi connectivity index (χ3v) is 15.8. The maximum Gasteiger partial charge on any atom is 0.245 e. The molecule has 0 aromatic carbocycles. The molecule has 103 heavy (non-hydrogen) atoms. The summed E-state index contributed by atoms with van der Waals surface area (Å²) in [7, 11) is 0. The highest BCUT2D eigenvalue weighted by molar-refractivity contribution is 6.00. The van der Waals surface area contributed by atoms with Crippen molar-refractivity contribution in [1.82, 2.24) is 94.4 Å². The number of primary amides is 2. The summed E-state index contributed by atoms with van der Waals surface area (Å²) in [6.45, 7) is 20.8. The summed E-state index contributed by atoms with van der Waals surface area (Å²) < 4.78 is 0. The van der Waals surface area contributed by atoms with E-state index < -0.39 is 205 Å². The number of nitrogens with two attached hydrogens (primary N) is 3. The van der Waals surface area contributed by atoms with Gasteiger partial charge in [-0.05, 0) is 83.0 Å². The molecular weight excluding hydrogens is 1350 g/mol. The normalized spacial score (nSPS) is 15.3. The minimum atomic E-state index is -1.76. The molecule has 0 bridgehead atoms. The summed E-state index contributed by atoms with van der Waals surface area (Å²) >= 11 is 0. The number of nitrogens with one attached hydrogen (secondary N) is 16. The first-order chi connectivity index (χ1) is 48.1. The number of carbonyl (C=O) groups is 16.